The predicted molar refractivity (Wildman–Crippen MR) is 155 cm³/mol. The van der Waals surface area contributed by atoms with Gasteiger partial charge >= 0.3 is 0 Å². The third kappa shape index (κ3) is 16.7. The van der Waals surface area contributed by atoms with Crippen molar-refractivity contribution in [3.8, 4) is 23.0 Å². The smallest absolute Gasteiger partial charge is 0.124 e. The molecule has 0 amide bonds. The zero-order chi connectivity index (χ0) is 31.8. The number of hydrogen-bond donors (Lipinski definition) is 6. The summed E-state index contributed by atoms with van der Waals surface area (Å²) in [5.41, 5.74) is 9.94. The maximum atomic E-state index is 10.3. The summed E-state index contributed by atoms with van der Waals surface area (Å²) in [4.78, 5) is -0.675. The number of phenolic OH excluding ortho intramolecular Hbond substituents is 4. The fourth-order valence-corrected chi connectivity index (χ4v) is 3.90. The van der Waals surface area contributed by atoms with Crippen LogP contribution >= 0.6 is 0 Å². The second-order valence-electron chi connectivity index (χ2n) is 8.44. The number of rotatable bonds is 6. The van der Waals surface area contributed by atoms with Crippen LogP contribution in [0.25, 0.3) is 0 Å². The van der Waals surface area contributed by atoms with E-state index >= 15 is 0 Å². The number of quaternary nitrogens is 2. The lowest BCUT2D eigenvalue weighted by molar-refractivity contribution is -0.367. The standard InChI is InChI=1S/2C8H11NO.2C6H6O4S.H2O/c2*9-6-5-7-1-3-8(10)4-2-7;2*7-5-1-3-6(4-2-5)11(8,9)10;/h2*1-4,10H,5-6,9H2;2*1-4,7H,(H,8,9,10);1H2. The molecule has 4 rings (SSSR count). The fourth-order valence-electron chi connectivity index (χ4n) is 2.96. The van der Waals surface area contributed by atoms with Crippen LogP contribution in [0.3, 0.4) is 0 Å². The Balaban J connectivity index is 0.000000543. The van der Waals surface area contributed by atoms with E-state index in [-0.39, 0.29) is 26.8 Å². The maximum Gasteiger partial charge on any atom is 0.124 e. The molecule has 12 N–H and O–H groups in total. The van der Waals surface area contributed by atoms with Gasteiger partial charge in [-0.05, 0) is 83.9 Å². The van der Waals surface area contributed by atoms with E-state index in [1.165, 1.54) is 11.1 Å². The first-order valence-corrected chi connectivity index (χ1v) is 15.1. The summed E-state index contributed by atoms with van der Waals surface area (Å²) in [7, 11) is -8.76. The summed E-state index contributed by atoms with van der Waals surface area (Å²) in [6, 6.07) is 23.3. The average molecular weight is 641 g/mol. The molecule has 4 aromatic carbocycles. The van der Waals surface area contributed by atoms with E-state index in [1.807, 2.05) is 24.3 Å². The highest BCUT2D eigenvalue weighted by atomic mass is 32.2. The van der Waals surface area contributed by atoms with Crippen molar-refractivity contribution in [1.29, 1.82) is 0 Å². The van der Waals surface area contributed by atoms with Gasteiger partial charge in [0.15, 0.2) is 0 Å². The molecule has 0 heterocycles. The van der Waals surface area contributed by atoms with Gasteiger partial charge in [0.05, 0.1) is 22.9 Å². The van der Waals surface area contributed by atoms with E-state index in [0.717, 1.165) is 74.5 Å². The van der Waals surface area contributed by atoms with E-state index < -0.39 is 20.2 Å². The van der Waals surface area contributed by atoms with E-state index in [9.17, 15) is 25.9 Å². The molecule has 0 saturated heterocycles. The topological polar surface area (TPSA) is 282 Å². The van der Waals surface area contributed by atoms with Crippen LogP contribution in [0, 0.1) is 0 Å². The third-order valence-corrected chi connectivity index (χ3v) is 6.75. The van der Waals surface area contributed by atoms with Crippen molar-refractivity contribution in [2.24, 2.45) is 0 Å². The third-order valence-electron chi connectivity index (χ3n) is 5.05. The Labute approximate surface area is 250 Å². The second-order valence-corrected chi connectivity index (χ2v) is 11.2. The van der Waals surface area contributed by atoms with Crippen LogP contribution in [0.5, 0.6) is 23.0 Å². The minimum atomic E-state index is -4.38. The van der Waals surface area contributed by atoms with Gasteiger partial charge in [0.1, 0.15) is 43.2 Å². The van der Waals surface area contributed by atoms with Gasteiger partial charge in [0.2, 0.25) is 0 Å². The van der Waals surface area contributed by atoms with Gasteiger partial charge < -0.3 is 46.5 Å². The number of aromatic hydroxyl groups is 4. The molecule has 0 aromatic heterocycles. The largest absolute Gasteiger partial charge is 0.744 e. The molecule has 0 aliphatic carbocycles. The molecule has 0 bridgehead atoms. The van der Waals surface area contributed by atoms with Crippen molar-refractivity contribution < 1.29 is 63.3 Å². The zero-order valence-electron chi connectivity index (χ0n) is 23.0. The monoisotopic (exact) mass is 640 g/mol. The van der Waals surface area contributed by atoms with Crippen LogP contribution in [-0.4, -0.2) is 64.9 Å². The van der Waals surface area contributed by atoms with Gasteiger partial charge in [-0.25, -0.2) is 16.8 Å². The highest BCUT2D eigenvalue weighted by Gasteiger charge is 1.99. The van der Waals surface area contributed by atoms with E-state index in [2.05, 4.69) is 11.5 Å². The Bertz CT molecular complexity index is 1420. The maximum absolute atomic E-state index is 10.3. The molecule has 13 nitrogen and oxygen atoms in total. The summed E-state index contributed by atoms with van der Waals surface area (Å²) in [6.07, 6.45) is 1.97. The fraction of sp³-hybridized carbons (Fsp3) is 0.143. The molecule has 15 heteroatoms. The first-order valence-electron chi connectivity index (χ1n) is 12.3. The minimum Gasteiger partial charge on any atom is -0.744 e. The Morgan fingerprint density at radius 1 is 0.465 bits per heavy atom. The van der Waals surface area contributed by atoms with E-state index in [4.69, 9.17) is 20.4 Å². The van der Waals surface area contributed by atoms with Gasteiger partial charge in [0, 0.05) is 12.8 Å². The highest BCUT2D eigenvalue weighted by Crippen LogP contribution is 2.14. The molecule has 236 valence electrons. The predicted octanol–water partition coefficient (Wildman–Crippen LogP) is 0.121. The van der Waals surface area contributed by atoms with Crippen molar-refractivity contribution in [1.82, 2.24) is 0 Å². The van der Waals surface area contributed by atoms with Gasteiger partial charge in [-0.1, -0.05) is 24.3 Å². The molecule has 0 aliphatic rings. The van der Waals surface area contributed by atoms with Crippen molar-refractivity contribution >= 4 is 20.2 Å². The lowest BCUT2D eigenvalue weighted by atomic mass is 10.1. The van der Waals surface area contributed by atoms with Gasteiger partial charge in [0.25, 0.3) is 0 Å². The average Bonchev–Trinajstić information content (AvgIpc) is 2.92. The molecular formula is C28H36N2O11S2. The Morgan fingerprint density at radius 2 is 0.674 bits per heavy atom. The van der Waals surface area contributed by atoms with Crippen LogP contribution in [0.1, 0.15) is 11.1 Å². The molecule has 0 fully saturated rings. The molecule has 0 atom stereocenters. The summed E-state index contributed by atoms with van der Waals surface area (Å²) >= 11 is 0. The quantitative estimate of drug-likeness (QED) is 0.155. The molecule has 0 saturated carbocycles. The minimum absolute atomic E-state index is 0. The molecule has 4 aromatic rings. The Kier molecular flexibility index (Phi) is 17.2. The summed E-state index contributed by atoms with van der Waals surface area (Å²) in [6.45, 7) is 1.82. The lowest BCUT2D eigenvalue weighted by Crippen LogP contribution is -2.51. The van der Waals surface area contributed by atoms with Crippen LogP contribution in [0.4, 0.5) is 0 Å². The van der Waals surface area contributed by atoms with Crippen LogP contribution < -0.4 is 11.5 Å². The number of benzene rings is 4. The van der Waals surface area contributed by atoms with Gasteiger partial charge in [-0.15, -0.1) is 0 Å². The van der Waals surface area contributed by atoms with E-state index in [0.29, 0.717) is 11.5 Å². The molecule has 0 spiro atoms. The van der Waals surface area contributed by atoms with Crippen molar-refractivity contribution in [2.75, 3.05) is 13.1 Å². The first kappa shape index (κ1) is 38.8. The van der Waals surface area contributed by atoms with Gasteiger partial charge in [-0.3, -0.25) is 0 Å². The summed E-state index contributed by atoms with van der Waals surface area (Å²) in [5, 5.41) is 35.3. The SMILES string of the molecule is O.O=S(=O)([O-])c1ccc(O)cc1.O=S(=O)([O-])c1ccc(O)cc1.[NH3+]CCc1ccc(O)cc1.[NH3+]CCc1ccc(O)cc1. The van der Waals surface area contributed by atoms with Crippen molar-refractivity contribution in [3.05, 3.63) is 108 Å². The normalized spacial score (nSPS) is 10.3. The number of phenols is 4. The molecule has 0 radical (unpaired) electrons. The van der Waals surface area contributed by atoms with Crippen molar-refractivity contribution in [2.45, 2.75) is 22.6 Å². The van der Waals surface area contributed by atoms with E-state index in [1.54, 1.807) is 24.3 Å². The van der Waals surface area contributed by atoms with Gasteiger partial charge in [-0.2, -0.15) is 0 Å². The Morgan fingerprint density at radius 3 is 0.860 bits per heavy atom. The molecule has 0 aliphatic heterocycles. The van der Waals surface area contributed by atoms with Crippen LogP contribution in [-0.2, 0) is 33.1 Å². The summed E-state index contributed by atoms with van der Waals surface area (Å²) < 4.78 is 61.8. The number of hydrogen-bond acceptors (Lipinski definition) is 10. The molecular weight excluding hydrogens is 604 g/mol. The molecule has 43 heavy (non-hydrogen) atoms. The van der Waals surface area contributed by atoms with Crippen molar-refractivity contribution in [3.63, 3.8) is 0 Å². The van der Waals surface area contributed by atoms with Crippen LogP contribution in [0.15, 0.2) is 107 Å². The van der Waals surface area contributed by atoms with Crippen LogP contribution in [0.2, 0.25) is 0 Å². The Hall–Kier alpha value is -4.22. The first-order chi connectivity index (χ1) is 19.6. The highest BCUT2D eigenvalue weighted by molar-refractivity contribution is 7.86. The molecule has 0 unspecified atom stereocenters. The lowest BCUT2D eigenvalue weighted by Gasteiger charge is -2.05. The summed E-state index contributed by atoms with van der Waals surface area (Å²) in [5.74, 6) is 0.510. The second kappa shape index (κ2) is 19.1. The zero-order valence-corrected chi connectivity index (χ0v) is 24.7.